The van der Waals surface area contributed by atoms with E-state index in [1.165, 1.54) is 49.5 Å². The summed E-state index contributed by atoms with van der Waals surface area (Å²) in [5.41, 5.74) is 21.6. The molecule has 0 radical (unpaired) electrons. The van der Waals surface area contributed by atoms with Gasteiger partial charge in [0, 0.05) is 68.2 Å². The Hall–Kier alpha value is -7.84. The van der Waals surface area contributed by atoms with Gasteiger partial charge in [-0.2, -0.15) is 0 Å². The van der Waals surface area contributed by atoms with Gasteiger partial charge < -0.3 is 32.8 Å². The number of para-hydroxylation sites is 1. The number of benzene rings is 7. The second-order valence-electron chi connectivity index (χ2n) is 19.5. The molecule has 0 amide bonds. The normalized spacial score (nSPS) is 17.8. The van der Waals surface area contributed by atoms with E-state index < -0.39 is 0 Å². The minimum Gasteiger partial charge on any atom is -0.493 e. The van der Waals surface area contributed by atoms with E-state index in [9.17, 15) is 0 Å². The predicted molar refractivity (Wildman–Crippen MR) is 275 cm³/mol. The van der Waals surface area contributed by atoms with Crippen molar-refractivity contribution < 1.29 is 23.0 Å². The molecule has 6 aliphatic rings. The molecule has 6 heterocycles. The lowest BCUT2D eigenvalue weighted by Gasteiger charge is -2.45. The molecular formula is C60H45BN2O5. The van der Waals surface area contributed by atoms with Crippen LogP contribution in [0, 0.1) is 6.92 Å². The minimum absolute atomic E-state index is 0.0634. The molecule has 2 atom stereocenters. The number of nitrogens with zero attached hydrogens (tertiary/aromatic N) is 2. The minimum atomic E-state index is -0.0634. The number of rotatable bonds is 4. The van der Waals surface area contributed by atoms with Crippen LogP contribution in [0.3, 0.4) is 0 Å². The Morgan fingerprint density at radius 2 is 1.34 bits per heavy atom. The Morgan fingerprint density at radius 1 is 0.588 bits per heavy atom. The van der Waals surface area contributed by atoms with Crippen LogP contribution in [0.4, 0.5) is 34.1 Å². The molecule has 68 heavy (non-hydrogen) atoms. The van der Waals surface area contributed by atoms with Crippen molar-refractivity contribution in [3.8, 4) is 39.5 Å². The summed E-state index contributed by atoms with van der Waals surface area (Å²) in [6, 6.07) is 45.1. The highest BCUT2D eigenvalue weighted by Gasteiger charge is 2.46. The van der Waals surface area contributed by atoms with Crippen LogP contribution < -0.4 is 40.4 Å². The molecular weight excluding hydrogens is 839 g/mol. The van der Waals surface area contributed by atoms with Crippen LogP contribution in [0.1, 0.15) is 72.3 Å². The molecule has 2 aromatic heterocycles. The maximum Gasteiger partial charge on any atom is 0.252 e. The summed E-state index contributed by atoms with van der Waals surface area (Å²) in [4.78, 5) is 4.95. The van der Waals surface area contributed by atoms with E-state index in [0.29, 0.717) is 18.4 Å². The molecule has 0 N–H and O–H groups in total. The maximum atomic E-state index is 6.60. The molecule has 0 bridgehead atoms. The van der Waals surface area contributed by atoms with E-state index in [-0.39, 0.29) is 13.5 Å². The van der Waals surface area contributed by atoms with Crippen molar-refractivity contribution in [1.82, 2.24) is 0 Å². The third-order valence-corrected chi connectivity index (χ3v) is 15.4. The average Bonchev–Trinajstić information content (AvgIpc) is 4.19. The van der Waals surface area contributed by atoms with Gasteiger partial charge in [0.2, 0.25) is 6.79 Å². The summed E-state index contributed by atoms with van der Waals surface area (Å²) < 4.78 is 31.8. The number of hydrogen-bond donors (Lipinski definition) is 0. The van der Waals surface area contributed by atoms with E-state index in [1.54, 1.807) is 0 Å². The fourth-order valence-electron chi connectivity index (χ4n) is 12.3. The van der Waals surface area contributed by atoms with Crippen LogP contribution >= 0.6 is 0 Å². The fourth-order valence-corrected chi connectivity index (χ4v) is 12.3. The molecule has 328 valence electrons. The zero-order valence-electron chi connectivity index (χ0n) is 38.1. The molecule has 8 heteroatoms. The van der Waals surface area contributed by atoms with Crippen molar-refractivity contribution in [3.63, 3.8) is 0 Å². The van der Waals surface area contributed by atoms with Crippen LogP contribution in [-0.2, 0) is 6.42 Å². The first kappa shape index (κ1) is 38.3. The zero-order chi connectivity index (χ0) is 44.9. The lowest BCUT2D eigenvalue weighted by atomic mass is 9.33. The van der Waals surface area contributed by atoms with Crippen molar-refractivity contribution >= 4 is 91.3 Å². The molecule has 9 aromatic rings. The summed E-state index contributed by atoms with van der Waals surface area (Å²) in [5, 5.41) is 2.37. The van der Waals surface area contributed by atoms with Crippen molar-refractivity contribution in [3.05, 3.63) is 167 Å². The molecule has 7 aromatic carbocycles. The van der Waals surface area contributed by atoms with Gasteiger partial charge in [-0.15, -0.1) is 0 Å². The van der Waals surface area contributed by atoms with Gasteiger partial charge in [0.05, 0.1) is 12.3 Å². The second-order valence-corrected chi connectivity index (χ2v) is 19.5. The van der Waals surface area contributed by atoms with Crippen LogP contribution in [0.25, 0.3) is 56.3 Å². The average molecular weight is 885 g/mol. The lowest BCUT2D eigenvalue weighted by Crippen LogP contribution is -2.61. The first-order chi connectivity index (χ1) is 33.4. The molecule has 2 aliphatic carbocycles. The third kappa shape index (κ3) is 5.37. The van der Waals surface area contributed by atoms with Crippen LogP contribution in [0.2, 0.25) is 0 Å². The Balaban J connectivity index is 0.963. The molecule has 0 saturated heterocycles. The predicted octanol–water partition coefficient (Wildman–Crippen LogP) is 13.6. The standard InChI is InChI=1S/C60H45BN2O5/c1-33-26-49-57-50(27-33)63(47-13-7-15-53-60(47)66-32-65-53)58-44-24-25-64-51(44)23-22-46(58)61(57)45-21-18-37(39-17-20-43-55(31-39)67-52-14-5-8-34(2)56(43)52)29-48(45)62(49)40-11-6-10-36(28-40)38-16-19-41-42-12-4-9-35(3)59(42)68-54(41)30-38/h4-7,10-23,26-31,34-35H,8-9,24-25,32H2,1-3H3. The van der Waals surface area contributed by atoms with E-state index >= 15 is 0 Å². The lowest BCUT2D eigenvalue weighted by molar-refractivity contribution is 0.174. The van der Waals surface area contributed by atoms with Crippen LogP contribution in [0.5, 0.6) is 17.2 Å². The molecule has 2 unspecified atom stereocenters. The largest absolute Gasteiger partial charge is 0.493 e. The number of aryl methyl sites for hydroxylation is 1. The highest BCUT2D eigenvalue weighted by molar-refractivity contribution is 7.00. The topological polar surface area (TPSA) is 60.5 Å². The first-order valence-electron chi connectivity index (χ1n) is 24.1. The van der Waals surface area contributed by atoms with Crippen molar-refractivity contribution in [2.45, 2.75) is 51.9 Å². The van der Waals surface area contributed by atoms with E-state index in [0.717, 1.165) is 115 Å². The van der Waals surface area contributed by atoms with Crippen LogP contribution in [-0.4, -0.2) is 20.1 Å². The zero-order valence-corrected chi connectivity index (χ0v) is 38.1. The summed E-state index contributed by atoms with van der Waals surface area (Å²) in [7, 11) is 0. The molecule has 0 fully saturated rings. The summed E-state index contributed by atoms with van der Waals surface area (Å²) >= 11 is 0. The van der Waals surface area contributed by atoms with Crippen molar-refractivity contribution in [2.75, 3.05) is 23.2 Å². The molecule has 0 saturated carbocycles. The smallest absolute Gasteiger partial charge is 0.252 e. The Bertz CT molecular complexity index is 3740. The second kappa shape index (κ2) is 14.1. The monoisotopic (exact) mass is 884 g/mol. The quantitative estimate of drug-likeness (QED) is 0.163. The summed E-state index contributed by atoms with van der Waals surface area (Å²) in [6.07, 6.45) is 11.7. The summed E-state index contributed by atoms with van der Waals surface area (Å²) in [5.74, 6) is 5.29. The van der Waals surface area contributed by atoms with Gasteiger partial charge in [-0.25, -0.2) is 0 Å². The van der Waals surface area contributed by atoms with E-state index in [1.807, 2.05) is 6.07 Å². The fraction of sp³-hybridized carbons (Fsp3) is 0.167. The van der Waals surface area contributed by atoms with Gasteiger partial charge in [0.25, 0.3) is 6.71 Å². The van der Waals surface area contributed by atoms with Gasteiger partial charge in [0.15, 0.2) is 11.5 Å². The molecule has 15 rings (SSSR count). The Morgan fingerprint density at radius 3 is 2.24 bits per heavy atom. The highest BCUT2D eigenvalue weighted by atomic mass is 16.7. The van der Waals surface area contributed by atoms with E-state index in [4.69, 9.17) is 23.0 Å². The van der Waals surface area contributed by atoms with Gasteiger partial charge >= 0.3 is 0 Å². The number of fused-ring (bicyclic) bond motifs is 13. The Labute approximate surface area is 394 Å². The first-order valence-corrected chi connectivity index (χ1v) is 24.1. The van der Waals surface area contributed by atoms with Crippen molar-refractivity contribution in [2.24, 2.45) is 0 Å². The number of furan rings is 2. The summed E-state index contributed by atoms with van der Waals surface area (Å²) in [6.45, 7) is 7.54. The number of hydrogen-bond acceptors (Lipinski definition) is 7. The highest BCUT2D eigenvalue weighted by Crippen LogP contribution is 2.53. The van der Waals surface area contributed by atoms with Crippen LogP contribution in [0.15, 0.2) is 142 Å². The van der Waals surface area contributed by atoms with E-state index in [2.05, 4.69) is 170 Å². The van der Waals surface area contributed by atoms with Gasteiger partial charge in [-0.05, 0) is 143 Å². The van der Waals surface area contributed by atoms with Gasteiger partial charge in [-0.1, -0.05) is 86.7 Å². The molecule has 0 spiro atoms. The third-order valence-electron chi connectivity index (χ3n) is 15.4. The SMILES string of the molecule is Cc1cc2c3c(c1)N(c1cccc4c1OCO4)c1c(ccc4c1CCO4)B3c1ccc(-c3ccc4c5c(oc4c3)C=CCC5C)cc1N2c1cccc(-c2ccc3c4c(oc3c2)C(C)CC=C4)c1. The molecule has 7 nitrogen and oxygen atoms in total. The van der Waals surface area contributed by atoms with Crippen molar-refractivity contribution in [1.29, 1.82) is 0 Å². The number of allylic oxidation sites excluding steroid dienone is 2. The van der Waals surface area contributed by atoms with Gasteiger partial charge in [-0.3, -0.25) is 0 Å². The van der Waals surface area contributed by atoms with Gasteiger partial charge in [0.1, 0.15) is 28.4 Å². The molecule has 4 aliphatic heterocycles. The maximum absolute atomic E-state index is 6.60. The Kier molecular flexibility index (Phi) is 7.94. The number of anilines is 6. The number of ether oxygens (including phenoxy) is 3.